The van der Waals surface area contributed by atoms with Gasteiger partial charge in [-0.3, -0.25) is 4.79 Å². The van der Waals surface area contributed by atoms with Gasteiger partial charge in [-0.25, -0.2) is 4.79 Å². The number of hydrogen-bond acceptors (Lipinski definition) is 15. The number of phenols is 2. The Bertz CT molecular complexity index is 1570. The van der Waals surface area contributed by atoms with Gasteiger partial charge < -0.3 is 69.3 Å². The summed E-state index contributed by atoms with van der Waals surface area (Å²) in [6, 6.07) is 6.95. The number of carboxylic acid groups (broad SMARTS) is 1. The summed E-state index contributed by atoms with van der Waals surface area (Å²) in [5.74, 6) is -3.22. The Labute approximate surface area is 240 Å². The molecule has 10 atom stereocenters. The number of hydrogen-bond donors (Lipinski definition) is 9. The third kappa shape index (κ3) is 5.69. The minimum Gasteiger partial charge on any atom is -0.507 e. The number of benzene rings is 2. The maximum absolute atomic E-state index is 12.9. The summed E-state index contributed by atoms with van der Waals surface area (Å²) in [5, 5.41) is 90.1. The van der Waals surface area contributed by atoms with Gasteiger partial charge in [-0.1, -0.05) is 0 Å². The normalized spacial score (nSPS) is 32.8. The number of aliphatic hydroxyl groups is 6. The lowest BCUT2D eigenvalue weighted by Gasteiger charge is -2.38. The highest BCUT2D eigenvalue weighted by Gasteiger charge is 2.48. The smallest absolute Gasteiger partial charge is 0.335 e. The van der Waals surface area contributed by atoms with E-state index in [1.165, 1.54) is 19.1 Å². The fourth-order valence-corrected chi connectivity index (χ4v) is 4.74. The second-order valence-corrected chi connectivity index (χ2v) is 10.1. The van der Waals surface area contributed by atoms with Crippen LogP contribution >= 0.6 is 0 Å². The number of carbonyl (C=O) groups is 1. The molecule has 2 aliphatic rings. The van der Waals surface area contributed by atoms with E-state index in [4.69, 9.17) is 23.4 Å². The Kier molecular flexibility index (Phi) is 8.21. The maximum atomic E-state index is 12.9. The Morgan fingerprint density at radius 3 is 2.07 bits per heavy atom. The van der Waals surface area contributed by atoms with Crippen molar-refractivity contribution < 1.29 is 74.1 Å². The van der Waals surface area contributed by atoms with Gasteiger partial charge in [-0.2, -0.15) is 0 Å². The Balaban J connectivity index is 1.41. The van der Waals surface area contributed by atoms with Gasteiger partial charge >= 0.3 is 5.97 Å². The zero-order valence-corrected chi connectivity index (χ0v) is 22.1. The van der Waals surface area contributed by atoms with Crippen LogP contribution in [0.2, 0.25) is 0 Å². The second-order valence-electron chi connectivity index (χ2n) is 10.1. The molecule has 0 unspecified atom stereocenters. The van der Waals surface area contributed by atoms with Crippen molar-refractivity contribution >= 4 is 16.9 Å². The topological polar surface area (TPSA) is 266 Å². The van der Waals surface area contributed by atoms with Crippen molar-refractivity contribution in [3.05, 3.63) is 46.6 Å². The molecule has 16 heteroatoms. The molecule has 9 N–H and O–H groups in total. The molecule has 43 heavy (non-hydrogen) atoms. The van der Waals surface area contributed by atoms with E-state index < -0.39 is 84.3 Å². The molecule has 2 aromatic carbocycles. The zero-order valence-electron chi connectivity index (χ0n) is 22.1. The summed E-state index contributed by atoms with van der Waals surface area (Å²) in [6.45, 7) is 1.46. The molecule has 2 fully saturated rings. The highest BCUT2D eigenvalue weighted by Crippen LogP contribution is 2.37. The molecule has 0 bridgehead atoms. The molecular formula is C27H28O16. The van der Waals surface area contributed by atoms with Gasteiger partial charge in [0.25, 0.3) is 0 Å². The van der Waals surface area contributed by atoms with Crippen molar-refractivity contribution in [1.82, 2.24) is 0 Å². The highest BCUT2D eigenvalue weighted by atomic mass is 16.7. The third-order valence-electron chi connectivity index (χ3n) is 7.14. The molecule has 5 rings (SSSR count). The molecule has 2 saturated heterocycles. The molecule has 3 aromatic rings. The van der Waals surface area contributed by atoms with Crippen molar-refractivity contribution in [1.29, 1.82) is 0 Å². The van der Waals surface area contributed by atoms with E-state index in [0.29, 0.717) is 0 Å². The summed E-state index contributed by atoms with van der Waals surface area (Å²) >= 11 is 0. The first-order valence-electron chi connectivity index (χ1n) is 12.9. The van der Waals surface area contributed by atoms with Gasteiger partial charge in [0.2, 0.25) is 12.6 Å². The van der Waals surface area contributed by atoms with Gasteiger partial charge in [-0.15, -0.1) is 0 Å². The van der Waals surface area contributed by atoms with Gasteiger partial charge in [0.05, 0.1) is 6.10 Å². The van der Waals surface area contributed by atoms with Gasteiger partial charge in [0.1, 0.15) is 64.9 Å². The van der Waals surface area contributed by atoms with Gasteiger partial charge in [-0.05, 0) is 25.1 Å². The van der Waals surface area contributed by atoms with Crippen molar-refractivity contribution in [3.8, 4) is 34.3 Å². The maximum Gasteiger partial charge on any atom is 0.335 e. The van der Waals surface area contributed by atoms with Crippen LogP contribution in [0.1, 0.15) is 6.92 Å². The average molecular weight is 609 g/mol. The van der Waals surface area contributed by atoms with E-state index in [1.54, 1.807) is 0 Å². The summed E-state index contributed by atoms with van der Waals surface area (Å²) in [5.41, 5.74) is -0.756. The molecule has 16 nitrogen and oxygen atoms in total. The van der Waals surface area contributed by atoms with Crippen LogP contribution in [-0.2, 0) is 14.3 Å². The molecular weight excluding hydrogens is 580 g/mol. The van der Waals surface area contributed by atoms with Crippen molar-refractivity contribution in [3.63, 3.8) is 0 Å². The van der Waals surface area contributed by atoms with Crippen LogP contribution < -0.4 is 14.9 Å². The Morgan fingerprint density at radius 1 is 0.767 bits per heavy atom. The fourth-order valence-electron chi connectivity index (χ4n) is 4.74. The number of phenolic OH excluding ortho intramolecular Hbond substituents is 2. The number of fused-ring (bicyclic) bond motifs is 1. The quantitative estimate of drug-likeness (QED) is 0.152. The van der Waals surface area contributed by atoms with E-state index in [0.717, 1.165) is 24.3 Å². The lowest BCUT2D eigenvalue weighted by molar-refractivity contribution is -0.271. The van der Waals surface area contributed by atoms with Crippen LogP contribution in [0, 0.1) is 0 Å². The largest absolute Gasteiger partial charge is 0.507 e. The number of ether oxygens (including phenoxy) is 4. The molecule has 232 valence electrons. The number of aliphatic hydroxyl groups excluding tert-OH is 6. The zero-order chi connectivity index (χ0) is 31.3. The van der Waals surface area contributed by atoms with Crippen LogP contribution in [0.5, 0.6) is 23.0 Å². The van der Waals surface area contributed by atoms with Crippen molar-refractivity contribution in [2.45, 2.75) is 68.3 Å². The van der Waals surface area contributed by atoms with E-state index in [-0.39, 0.29) is 33.8 Å². The SMILES string of the molecule is C[C@@H]1O[C@@H](Oc2ccc(-c3cc(=O)c4c(O)cc(O[C@@H]5O[C@H](C(=O)O)[C@@H](O)[C@H](O)[C@H]5O)cc4o3)cc2O)[C@H](O)[C@H](O)[C@H]1O. The first-order chi connectivity index (χ1) is 20.3. The summed E-state index contributed by atoms with van der Waals surface area (Å²) < 4.78 is 27.1. The van der Waals surface area contributed by atoms with E-state index in [2.05, 4.69) is 0 Å². The van der Waals surface area contributed by atoms with Crippen LogP contribution in [0.4, 0.5) is 0 Å². The molecule has 3 heterocycles. The molecule has 2 aliphatic heterocycles. The first-order valence-corrected chi connectivity index (χ1v) is 12.9. The Morgan fingerprint density at radius 2 is 1.42 bits per heavy atom. The van der Waals surface area contributed by atoms with Crippen molar-refractivity contribution in [2.75, 3.05) is 0 Å². The molecule has 0 aliphatic carbocycles. The summed E-state index contributed by atoms with van der Waals surface area (Å²) in [6.07, 6.45) is -16.4. The fraction of sp³-hybridized carbons (Fsp3) is 0.407. The highest BCUT2D eigenvalue weighted by molar-refractivity contribution is 5.86. The molecule has 0 saturated carbocycles. The molecule has 0 amide bonds. The molecule has 1 aromatic heterocycles. The first kappa shape index (κ1) is 30.5. The predicted octanol–water partition coefficient (Wildman–Crippen LogP) is -1.65. The molecule has 0 spiro atoms. The average Bonchev–Trinajstić information content (AvgIpc) is 2.95. The van der Waals surface area contributed by atoms with Crippen LogP contribution in [0.25, 0.3) is 22.3 Å². The van der Waals surface area contributed by atoms with Gasteiger partial charge in [0, 0.05) is 23.8 Å². The number of rotatable bonds is 6. The van der Waals surface area contributed by atoms with Crippen molar-refractivity contribution in [2.24, 2.45) is 0 Å². The van der Waals surface area contributed by atoms with Crippen LogP contribution in [0.3, 0.4) is 0 Å². The molecule has 0 radical (unpaired) electrons. The number of aliphatic carboxylic acids is 1. The lowest BCUT2D eigenvalue weighted by Crippen LogP contribution is -2.61. The standard InChI is InChI=1S/C27H28O16/c1-8-18(31)19(32)22(35)26(39-8)42-14-3-2-9(4-11(14)28)15-7-13(30)17-12(29)5-10(6-16(17)41-15)40-27-23(36)20(33)21(34)24(43-27)25(37)38/h2-8,18-24,26-29,31-36H,1H3,(H,37,38)/t8-,18-,19+,20-,21-,22+,23+,24-,26-,27+/m0/s1. The minimum absolute atomic E-state index is 0.0875. The number of aromatic hydroxyl groups is 2. The monoisotopic (exact) mass is 608 g/mol. The van der Waals surface area contributed by atoms with Crippen LogP contribution in [-0.4, -0.2) is 113 Å². The third-order valence-corrected chi connectivity index (χ3v) is 7.14. The minimum atomic E-state index is -1.95. The second kappa shape index (κ2) is 11.6. The predicted molar refractivity (Wildman–Crippen MR) is 139 cm³/mol. The summed E-state index contributed by atoms with van der Waals surface area (Å²) in [4.78, 5) is 24.2. The van der Waals surface area contributed by atoms with Gasteiger partial charge in [0.15, 0.2) is 23.0 Å². The summed E-state index contributed by atoms with van der Waals surface area (Å²) in [7, 11) is 0. The van der Waals surface area contributed by atoms with E-state index >= 15 is 0 Å². The van der Waals surface area contributed by atoms with E-state index in [9.17, 15) is 55.5 Å². The number of carboxylic acids is 1. The Hall–Kier alpha value is -4.00. The lowest BCUT2D eigenvalue weighted by atomic mass is 9.99. The van der Waals surface area contributed by atoms with E-state index in [1.807, 2.05) is 0 Å². The van der Waals surface area contributed by atoms with Crippen LogP contribution in [0.15, 0.2) is 45.6 Å².